The van der Waals surface area contributed by atoms with Gasteiger partial charge in [0, 0.05) is 26.3 Å². The van der Waals surface area contributed by atoms with E-state index in [4.69, 9.17) is 0 Å². The van der Waals surface area contributed by atoms with Gasteiger partial charge in [0.15, 0.2) is 0 Å². The van der Waals surface area contributed by atoms with Gasteiger partial charge in [-0.05, 0) is 43.0 Å². The minimum absolute atomic E-state index is 0.0967. The summed E-state index contributed by atoms with van der Waals surface area (Å²) in [5.41, 5.74) is 1.73. The molecule has 1 atom stereocenters. The number of nitrogens with one attached hydrogen (secondary N) is 1. The lowest BCUT2D eigenvalue weighted by Gasteiger charge is -2.24. The molecule has 0 unspecified atom stereocenters. The molecular formula is C18H26N4O3. The summed E-state index contributed by atoms with van der Waals surface area (Å²) in [4.78, 5) is 13.8. The Labute approximate surface area is 147 Å². The van der Waals surface area contributed by atoms with Crippen LogP contribution in [-0.2, 0) is 13.5 Å². The number of aryl methyl sites for hydroxylation is 2. The van der Waals surface area contributed by atoms with E-state index >= 15 is 0 Å². The highest BCUT2D eigenvalue weighted by molar-refractivity contribution is 5.74. The third-order valence-electron chi connectivity index (χ3n) is 3.99. The lowest BCUT2D eigenvalue weighted by Crippen LogP contribution is -2.42. The first kappa shape index (κ1) is 18.8. The molecule has 0 aliphatic carbocycles. The van der Waals surface area contributed by atoms with E-state index in [1.54, 1.807) is 27.8 Å². The number of urea groups is 1. The maximum atomic E-state index is 12.3. The van der Waals surface area contributed by atoms with Crippen molar-refractivity contribution in [2.75, 3.05) is 19.6 Å². The van der Waals surface area contributed by atoms with Crippen LogP contribution < -0.4 is 5.32 Å². The maximum Gasteiger partial charge on any atom is 0.317 e. The molecule has 2 aromatic rings. The number of phenolic OH excluding ortho intramolecular Hbond substituents is 1. The summed E-state index contributed by atoms with van der Waals surface area (Å²) in [6.45, 7) is 3.09. The fraction of sp³-hybridized carbons (Fsp3) is 0.444. The zero-order valence-corrected chi connectivity index (χ0v) is 14.7. The number of aliphatic hydroxyl groups excluding tert-OH is 1. The number of aromatic hydroxyl groups is 1. The van der Waals surface area contributed by atoms with E-state index in [0.29, 0.717) is 18.7 Å². The van der Waals surface area contributed by atoms with Crippen molar-refractivity contribution >= 4 is 6.03 Å². The quantitative estimate of drug-likeness (QED) is 0.636. The minimum atomic E-state index is -0.840. The molecule has 7 nitrogen and oxygen atoms in total. The largest absolute Gasteiger partial charge is 0.508 e. The fourth-order valence-electron chi connectivity index (χ4n) is 2.60. The zero-order chi connectivity index (χ0) is 18.2. The third-order valence-corrected chi connectivity index (χ3v) is 3.99. The van der Waals surface area contributed by atoms with Crippen LogP contribution in [0.15, 0.2) is 36.7 Å². The number of amides is 2. The van der Waals surface area contributed by atoms with Crippen LogP contribution in [0.3, 0.4) is 0 Å². The van der Waals surface area contributed by atoms with Gasteiger partial charge in [-0.15, -0.1) is 0 Å². The van der Waals surface area contributed by atoms with Crippen molar-refractivity contribution in [1.29, 1.82) is 0 Å². The van der Waals surface area contributed by atoms with Crippen LogP contribution in [0.1, 0.15) is 30.6 Å². The molecule has 1 aromatic heterocycles. The number of aliphatic hydroxyl groups is 1. The molecule has 0 saturated carbocycles. The smallest absolute Gasteiger partial charge is 0.317 e. The van der Waals surface area contributed by atoms with Gasteiger partial charge >= 0.3 is 6.03 Å². The van der Waals surface area contributed by atoms with Crippen molar-refractivity contribution in [2.24, 2.45) is 7.05 Å². The molecule has 0 radical (unpaired) electrons. The number of rotatable bonds is 8. The number of benzene rings is 1. The predicted molar refractivity (Wildman–Crippen MR) is 95.2 cm³/mol. The zero-order valence-electron chi connectivity index (χ0n) is 14.7. The SMILES string of the molecule is CCN(C[C@H](O)c1cccc(O)c1)C(=O)NCCCc1cnn(C)c1. The van der Waals surface area contributed by atoms with Gasteiger partial charge in [0.2, 0.25) is 0 Å². The normalized spacial score (nSPS) is 12.0. The van der Waals surface area contributed by atoms with E-state index in [2.05, 4.69) is 10.4 Å². The molecule has 2 amide bonds. The van der Waals surface area contributed by atoms with Crippen LogP contribution in [-0.4, -0.2) is 50.6 Å². The number of carbonyl (C=O) groups is 1. The molecule has 136 valence electrons. The van der Waals surface area contributed by atoms with Crippen molar-refractivity contribution in [2.45, 2.75) is 25.9 Å². The monoisotopic (exact) mass is 346 g/mol. The number of carbonyl (C=O) groups excluding carboxylic acids is 1. The lowest BCUT2D eigenvalue weighted by molar-refractivity contribution is 0.123. The number of nitrogens with zero attached hydrogens (tertiary/aromatic N) is 3. The highest BCUT2D eigenvalue weighted by atomic mass is 16.3. The van der Waals surface area contributed by atoms with Crippen LogP contribution in [0.25, 0.3) is 0 Å². The minimum Gasteiger partial charge on any atom is -0.508 e. The van der Waals surface area contributed by atoms with E-state index in [9.17, 15) is 15.0 Å². The Balaban J connectivity index is 1.77. The summed E-state index contributed by atoms with van der Waals surface area (Å²) < 4.78 is 1.76. The Morgan fingerprint density at radius 2 is 2.24 bits per heavy atom. The fourth-order valence-corrected chi connectivity index (χ4v) is 2.60. The molecule has 1 heterocycles. The number of likely N-dealkylation sites (N-methyl/N-ethyl adjacent to an activating group) is 1. The standard InChI is InChI=1S/C18H26N4O3/c1-3-22(13-17(24)15-7-4-8-16(23)10-15)18(25)19-9-5-6-14-11-20-21(2)12-14/h4,7-8,10-12,17,23-24H,3,5-6,9,13H2,1-2H3,(H,19,25)/t17-/m0/s1. The molecule has 3 N–H and O–H groups in total. The molecule has 0 spiro atoms. The summed E-state index contributed by atoms with van der Waals surface area (Å²) in [6, 6.07) is 6.24. The van der Waals surface area contributed by atoms with Crippen molar-refractivity contribution in [1.82, 2.24) is 20.0 Å². The lowest BCUT2D eigenvalue weighted by atomic mass is 10.1. The van der Waals surface area contributed by atoms with Gasteiger partial charge < -0.3 is 20.4 Å². The van der Waals surface area contributed by atoms with Gasteiger partial charge in [-0.1, -0.05) is 12.1 Å². The second-order valence-electron chi connectivity index (χ2n) is 6.01. The average molecular weight is 346 g/mol. The number of phenols is 1. The van der Waals surface area contributed by atoms with Crippen LogP contribution in [0.2, 0.25) is 0 Å². The Hall–Kier alpha value is -2.54. The Bertz CT molecular complexity index is 686. The summed E-state index contributed by atoms with van der Waals surface area (Å²) >= 11 is 0. The topological polar surface area (TPSA) is 90.6 Å². The first-order chi connectivity index (χ1) is 12.0. The van der Waals surface area contributed by atoms with Gasteiger partial charge in [-0.3, -0.25) is 4.68 Å². The first-order valence-electron chi connectivity index (χ1n) is 8.47. The Morgan fingerprint density at radius 3 is 2.88 bits per heavy atom. The van der Waals surface area contributed by atoms with E-state index in [1.165, 1.54) is 6.07 Å². The van der Waals surface area contributed by atoms with Crippen LogP contribution in [0, 0.1) is 0 Å². The maximum absolute atomic E-state index is 12.3. The second-order valence-corrected chi connectivity index (χ2v) is 6.01. The molecule has 25 heavy (non-hydrogen) atoms. The van der Waals surface area contributed by atoms with E-state index in [-0.39, 0.29) is 18.3 Å². The Kier molecular flexibility index (Phi) is 6.82. The highest BCUT2D eigenvalue weighted by Crippen LogP contribution is 2.19. The predicted octanol–water partition coefficient (Wildman–Crippen LogP) is 1.82. The summed E-state index contributed by atoms with van der Waals surface area (Å²) in [6.07, 6.45) is 4.63. The third kappa shape index (κ3) is 5.79. The van der Waals surface area contributed by atoms with E-state index in [0.717, 1.165) is 18.4 Å². The van der Waals surface area contributed by atoms with Gasteiger partial charge in [0.05, 0.1) is 18.8 Å². The summed E-state index contributed by atoms with van der Waals surface area (Å²) in [5.74, 6) is 0.0967. The van der Waals surface area contributed by atoms with Crippen molar-refractivity contribution in [3.63, 3.8) is 0 Å². The molecule has 0 aliphatic heterocycles. The molecular weight excluding hydrogens is 320 g/mol. The number of hydrogen-bond acceptors (Lipinski definition) is 4. The molecule has 1 aromatic carbocycles. The molecule has 0 bridgehead atoms. The number of aromatic nitrogens is 2. The molecule has 0 saturated heterocycles. The molecule has 2 rings (SSSR count). The van der Waals surface area contributed by atoms with Crippen molar-refractivity contribution < 1.29 is 15.0 Å². The van der Waals surface area contributed by atoms with Gasteiger partial charge in [-0.2, -0.15) is 5.10 Å². The van der Waals surface area contributed by atoms with Gasteiger partial charge in [0.25, 0.3) is 0 Å². The van der Waals surface area contributed by atoms with Gasteiger partial charge in [-0.25, -0.2) is 4.79 Å². The first-order valence-corrected chi connectivity index (χ1v) is 8.47. The summed E-state index contributed by atoms with van der Waals surface area (Å²) in [5, 5.41) is 26.8. The van der Waals surface area contributed by atoms with E-state index in [1.807, 2.05) is 26.4 Å². The second kappa shape index (κ2) is 9.08. The van der Waals surface area contributed by atoms with Crippen LogP contribution in [0.5, 0.6) is 5.75 Å². The average Bonchev–Trinajstić information content (AvgIpc) is 3.01. The highest BCUT2D eigenvalue weighted by Gasteiger charge is 2.17. The molecule has 0 fully saturated rings. The van der Waals surface area contributed by atoms with Crippen molar-refractivity contribution in [3.05, 3.63) is 47.8 Å². The number of hydrogen-bond donors (Lipinski definition) is 3. The summed E-state index contributed by atoms with van der Waals surface area (Å²) in [7, 11) is 1.88. The van der Waals surface area contributed by atoms with Gasteiger partial charge in [0.1, 0.15) is 5.75 Å². The molecule has 0 aliphatic rings. The van der Waals surface area contributed by atoms with Crippen LogP contribution in [0.4, 0.5) is 4.79 Å². The Morgan fingerprint density at radius 1 is 1.44 bits per heavy atom. The van der Waals surface area contributed by atoms with E-state index < -0.39 is 6.10 Å². The molecule has 7 heteroatoms. The van der Waals surface area contributed by atoms with Crippen molar-refractivity contribution in [3.8, 4) is 5.75 Å². The van der Waals surface area contributed by atoms with Crippen LogP contribution >= 0.6 is 0 Å².